The Morgan fingerprint density at radius 3 is 2.43 bits per heavy atom. The Hall–Kier alpha value is -4.31. The molecule has 2 aromatic carbocycles. The van der Waals surface area contributed by atoms with Gasteiger partial charge in [-0.3, -0.25) is 4.98 Å². The Labute approximate surface area is 215 Å². The molecule has 1 amide bonds. The predicted molar refractivity (Wildman–Crippen MR) is 144 cm³/mol. The molecule has 0 unspecified atom stereocenters. The first-order valence-corrected chi connectivity index (χ1v) is 13.1. The highest BCUT2D eigenvalue weighted by Crippen LogP contribution is 2.32. The van der Waals surface area contributed by atoms with Gasteiger partial charge in [-0.05, 0) is 56.2 Å². The number of hydrogen-bond acceptors (Lipinski definition) is 8. The first-order chi connectivity index (χ1) is 17.6. The monoisotopic (exact) mass is 517 g/mol. The predicted octanol–water partition coefficient (Wildman–Crippen LogP) is 5.13. The first-order valence-electron chi connectivity index (χ1n) is 11.5. The standard InChI is InChI=1S/C27H27N5O4S/c1-27(2,3)36-26(33)32-37(34,35)17-15-23-30-22-14-9-13-21(19-10-5-4-6-11-19)24(22)25(31-23)29-18-20-12-7-8-16-28-20/h4-17H,18H2,1-3H3,(H,32,33)(H,29,30,31). The maximum atomic E-state index is 12.4. The Bertz CT molecular complexity index is 1530. The Kier molecular flexibility index (Phi) is 7.49. The van der Waals surface area contributed by atoms with Crippen molar-refractivity contribution in [3.8, 4) is 11.1 Å². The van der Waals surface area contributed by atoms with Gasteiger partial charge in [0.1, 0.15) is 11.4 Å². The molecule has 0 aliphatic carbocycles. The number of sulfonamides is 1. The normalized spacial score (nSPS) is 12.0. The zero-order chi connectivity index (χ0) is 26.5. The van der Waals surface area contributed by atoms with E-state index in [1.54, 1.807) is 27.0 Å². The molecule has 0 aliphatic rings. The number of ether oxygens (including phenoxy) is 1. The van der Waals surface area contributed by atoms with Gasteiger partial charge in [0.2, 0.25) is 0 Å². The maximum Gasteiger partial charge on any atom is 0.421 e. The van der Waals surface area contributed by atoms with E-state index in [1.165, 1.54) is 6.08 Å². The molecule has 4 rings (SSSR count). The Balaban J connectivity index is 1.71. The van der Waals surface area contributed by atoms with Crippen LogP contribution in [0.1, 0.15) is 32.3 Å². The highest BCUT2D eigenvalue weighted by Gasteiger charge is 2.20. The van der Waals surface area contributed by atoms with Crippen molar-refractivity contribution in [2.45, 2.75) is 32.9 Å². The van der Waals surface area contributed by atoms with Crippen LogP contribution < -0.4 is 10.0 Å². The van der Waals surface area contributed by atoms with Crippen LogP contribution in [0.25, 0.3) is 28.1 Å². The molecule has 2 heterocycles. The lowest BCUT2D eigenvalue weighted by Crippen LogP contribution is -2.35. The second-order valence-electron chi connectivity index (χ2n) is 9.12. The lowest BCUT2D eigenvalue weighted by Gasteiger charge is -2.19. The molecule has 0 radical (unpaired) electrons. The average Bonchev–Trinajstić information content (AvgIpc) is 2.85. The highest BCUT2D eigenvalue weighted by atomic mass is 32.2. The topological polar surface area (TPSA) is 123 Å². The van der Waals surface area contributed by atoms with Gasteiger partial charge in [0.05, 0.1) is 28.5 Å². The minimum atomic E-state index is -4.14. The van der Waals surface area contributed by atoms with Gasteiger partial charge in [-0.25, -0.2) is 27.9 Å². The molecule has 9 nitrogen and oxygen atoms in total. The fourth-order valence-electron chi connectivity index (χ4n) is 3.54. The maximum absolute atomic E-state index is 12.4. The number of carbonyl (C=O) groups excluding carboxylic acids is 1. The second kappa shape index (κ2) is 10.8. The zero-order valence-electron chi connectivity index (χ0n) is 20.7. The summed E-state index contributed by atoms with van der Waals surface area (Å²) >= 11 is 0. The minimum absolute atomic E-state index is 0.149. The summed E-state index contributed by atoms with van der Waals surface area (Å²) in [5.41, 5.74) is 2.51. The van der Waals surface area contributed by atoms with E-state index in [1.807, 2.05) is 71.5 Å². The number of fused-ring (bicyclic) bond motifs is 1. The van der Waals surface area contributed by atoms with Crippen LogP contribution in [0.3, 0.4) is 0 Å². The molecule has 2 aromatic heterocycles. The van der Waals surface area contributed by atoms with Gasteiger partial charge in [-0.2, -0.15) is 0 Å². The number of hydrogen-bond donors (Lipinski definition) is 2. The molecular weight excluding hydrogens is 490 g/mol. The molecule has 190 valence electrons. The van der Waals surface area contributed by atoms with Crippen molar-refractivity contribution in [2.75, 3.05) is 5.32 Å². The number of carbonyl (C=O) groups is 1. The van der Waals surface area contributed by atoms with Crippen molar-refractivity contribution in [3.05, 3.63) is 89.9 Å². The van der Waals surface area contributed by atoms with Crippen LogP contribution in [-0.4, -0.2) is 35.1 Å². The summed E-state index contributed by atoms with van der Waals surface area (Å²) in [6.45, 7) is 5.32. The summed E-state index contributed by atoms with van der Waals surface area (Å²) in [6.07, 6.45) is 1.87. The number of amides is 1. The molecular formula is C27H27N5O4S. The average molecular weight is 518 g/mol. The minimum Gasteiger partial charge on any atom is -0.443 e. The Morgan fingerprint density at radius 2 is 1.73 bits per heavy atom. The van der Waals surface area contributed by atoms with E-state index in [9.17, 15) is 13.2 Å². The molecule has 0 spiro atoms. The van der Waals surface area contributed by atoms with E-state index in [4.69, 9.17) is 4.74 Å². The van der Waals surface area contributed by atoms with E-state index in [-0.39, 0.29) is 5.82 Å². The van der Waals surface area contributed by atoms with E-state index in [2.05, 4.69) is 20.3 Å². The van der Waals surface area contributed by atoms with Gasteiger partial charge in [-0.1, -0.05) is 48.5 Å². The highest BCUT2D eigenvalue weighted by molar-refractivity contribution is 7.93. The summed E-state index contributed by atoms with van der Waals surface area (Å²) < 4.78 is 31.7. The smallest absolute Gasteiger partial charge is 0.421 e. The lowest BCUT2D eigenvalue weighted by molar-refractivity contribution is 0.0571. The largest absolute Gasteiger partial charge is 0.443 e. The number of rotatable bonds is 7. The molecule has 0 fully saturated rings. The fraction of sp³-hybridized carbons (Fsp3) is 0.185. The summed E-state index contributed by atoms with van der Waals surface area (Å²) in [5.74, 6) is 0.669. The third-order valence-corrected chi connectivity index (χ3v) is 5.95. The molecule has 0 saturated heterocycles. The number of nitrogens with one attached hydrogen (secondary N) is 2. The summed E-state index contributed by atoms with van der Waals surface area (Å²) in [5, 5.41) is 4.95. The van der Waals surface area contributed by atoms with Gasteiger partial charge < -0.3 is 10.1 Å². The molecule has 0 atom stereocenters. The summed E-state index contributed by atoms with van der Waals surface area (Å²) in [4.78, 5) is 25.4. The van der Waals surface area contributed by atoms with Crippen molar-refractivity contribution in [1.82, 2.24) is 19.7 Å². The van der Waals surface area contributed by atoms with E-state index >= 15 is 0 Å². The molecule has 10 heteroatoms. The van der Waals surface area contributed by atoms with E-state index in [0.717, 1.165) is 27.6 Å². The van der Waals surface area contributed by atoms with Crippen LogP contribution in [-0.2, 0) is 21.3 Å². The van der Waals surface area contributed by atoms with Crippen LogP contribution in [0, 0.1) is 0 Å². The molecule has 2 N–H and O–H groups in total. The lowest BCUT2D eigenvalue weighted by atomic mass is 10.0. The van der Waals surface area contributed by atoms with Crippen molar-refractivity contribution < 1.29 is 17.9 Å². The Morgan fingerprint density at radius 1 is 0.973 bits per heavy atom. The molecule has 0 saturated carbocycles. The van der Waals surface area contributed by atoms with Gasteiger partial charge in [0, 0.05) is 6.20 Å². The van der Waals surface area contributed by atoms with Crippen LogP contribution >= 0.6 is 0 Å². The SMILES string of the molecule is CC(C)(C)OC(=O)NS(=O)(=O)C=Cc1nc(NCc2ccccn2)c2c(-c3ccccc3)cccc2n1. The summed E-state index contributed by atoms with van der Waals surface area (Å²) in [7, 11) is -4.14. The number of aromatic nitrogens is 3. The molecule has 37 heavy (non-hydrogen) atoms. The van der Waals surface area contributed by atoms with Crippen molar-refractivity contribution >= 4 is 38.9 Å². The van der Waals surface area contributed by atoms with Crippen LogP contribution in [0.15, 0.2) is 78.3 Å². The van der Waals surface area contributed by atoms with Gasteiger partial charge in [-0.15, -0.1) is 0 Å². The van der Waals surface area contributed by atoms with Gasteiger partial charge >= 0.3 is 6.09 Å². The first kappa shape index (κ1) is 25.8. The number of benzene rings is 2. The van der Waals surface area contributed by atoms with Gasteiger partial charge in [0.15, 0.2) is 5.82 Å². The number of nitrogens with zero attached hydrogens (tertiary/aromatic N) is 3. The summed E-state index contributed by atoms with van der Waals surface area (Å²) in [6, 6.07) is 21.2. The van der Waals surface area contributed by atoms with Crippen molar-refractivity contribution in [3.63, 3.8) is 0 Å². The zero-order valence-corrected chi connectivity index (χ0v) is 21.5. The quantitative estimate of drug-likeness (QED) is 0.346. The fourth-order valence-corrected chi connectivity index (χ4v) is 4.18. The number of anilines is 1. The van der Waals surface area contributed by atoms with Crippen molar-refractivity contribution in [2.24, 2.45) is 0 Å². The van der Waals surface area contributed by atoms with Crippen molar-refractivity contribution in [1.29, 1.82) is 0 Å². The molecule has 0 aliphatic heterocycles. The third-order valence-electron chi connectivity index (χ3n) is 5.01. The van der Waals surface area contributed by atoms with Crippen LogP contribution in [0.5, 0.6) is 0 Å². The molecule has 0 bridgehead atoms. The van der Waals surface area contributed by atoms with Gasteiger partial charge in [0.25, 0.3) is 10.0 Å². The molecule has 4 aromatic rings. The van der Waals surface area contributed by atoms with Crippen LogP contribution in [0.2, 0.25) is 0 Å². The van der Waals surface area contributed by atoms with E-state index < -0.39 is 21.7 Å². The third kappa shape index (κ3) is 7.11. The van der Waals surface area contributed by atoms with E-state index in [0.29, 0.717) is 17.9 Å². The van der Waals surface area contributed by atoms with Crippen LogP contribution in [0.4, 0.5) is 10.6 Å². The number of pyridine rings is 1. The second-order valence-corrected chi connectivity index (χ2v) is 10.7.